The molecule has 174 valence electrons. The predicted octanol–water partition coefficient (Wildman–Crippen LogP) is 6.50. The zero-order valence-electron chi connectivity index (χ0n) is 19.2. The van der Waals surface area contributed by atoms with Crippen LogP contribution in [0.2, 0.25) is 0 Å². The van der Waals surface area contributed by atoms with E-state index in [4.69, 9.17) is 4.74 Å². The summed E-state index contributed by atoms with van der Waals surface area (Å²) >= 11 is 0. The molecule has 1 aromatic heterocycles. The van der Waals surface area contributed by atoms with Crippen LogP contribution in [0, 0.1) is 0 Å². The summed E-state index contributed by atoms with van der Waals surface area (Å²) < 4.78 is 6.04. The number of ether oxygens (including phenoxy) is 1. The Morgan fingerprint density at radius 1 is 0.914 bits per heavy atom. The van der Waals surface area contributed by atoms with Gasteiger partial charge in [-0.2, -0.15) is 0 Å². The number of carbonyl (C=O) groups excluding carboxylic acids is 2. The van der Waals surface area contributed by atoms with Crippen molar-refractivity contribution in [2.75, 3.05) is 10.2 Å². The standard InChI is InChI=1S/C29H25N3O3/c33-27(31-24-12-6-10-20-11-7-19-30-25(20)24)22-13-15-23(16-14-22)32-26(21-8-2-1-3-9-21)29(35-28(32)34)17-4-5-18-29/h1-3,6-16,19,26H,4-5,17-18H2,(H,31,33). The zero-order chi connectivity index (χ0) is 23.8. The Balaban J connectivity index is 1.29. The second-order valence-corrected chi connectivity index (χ2v) is 9.20. The molecule has 2 fully saturated rings. The lowest BCUT2D eigenvalue weighted by atomic mass is 9.86. The molecule has 1 N–H and O–H groups in total. The quantitative estimate of drug-likeness (QED) is 0.375. The summed E-state index contributed by atoms with van der Waals surface area (Å²) in [4.78, 5) is 32.3. The summed E-state index contributed by atoms with van der Waals surface area (Å²) in [5.74, 6) is -0.231. The third-order valence-electron chi connectivity index (χ3n) is 7.10. The maximum atomic E-state index is 13.1. The fraction of sp³-hybridized carbons (Fsp3) is 0.207. The smallest absolute Gasteiger partial charge is 0.415 e. The topological polar surface area (TPSA) is 71.5 Å². The first-order chi connectivity index (χ1) is 17.1. The van der Waals surface area contributed by atoms with Crippen molar-refractivity contribution < 1.29 is 14.3 Å². The van der Waals surface area contributed by atoms with E-state index in [1.54, 1.807) is 23.2 Å². The maximum absolute atomic E-state index is 13.1. The molecule has 2 heterocycles. The normalized spacial score (nSPS) is 18.7. The molecule has 1 saturated carbocycles. The first-order valence-electron chi connectivity index (χ1n) is 12.0. The van der Waals surface area contributed by atoms with Crippen molar-refractivity contribution >= 4 is 34.3 Å². The molecule has 35 heavy (non-hydrogen) atoms. The van der Waals surface area contributed by atoms with E-state index in [2.05, 4.69) is 22.4 Å². The number of benzene rings is 3. The van der Waals surface area contributed by atoms with Gasteiger partial charge in [-0.1, -0.05) is 48.5 Å². The van der Waals surface area contributed by atoms with Gasteiger partial charge in [0, 0.05) is 22.8 Å². The fourth-order valence-corrected chi connectivity index (χ4v) is 5.48. The van der Waals surface area contributed by atoms with Crippen LogP contribution in [0.4, 0.5) is 16.2 Å². The van der Waals surface area contributed by atoms with Gasteiger partial charge >= 0.3 is 6.09 Å². The minimum absolute atomic E-state index is 0.194. The molecule has 4 aromatic rings. The summed E-state index contributed by atoms with van der Waals surface area (Å²) in [7, 11) is 0. The summed E-state index contributed by atoms with van der Waals surface area (Å²) in [6.45, 7) is 0. The number of carbonyl (C=O) groups is 2. The number of nitrogens with one attached hydrogen (secondary N) is 1. The third kappa shape index (κ3) is 3.71. The number of amides is 2. The Kier molecular flexibility index (Phi) is 5.21. The number of aromatic nitrogens is 1. The van der Waals surface area contributed by atoms with Crippen LogP contribution in [-0.2, 0) is 4.74 Å². The SMILES string of the molecule is O=C(Nc1cccc2cccnc12)c1ccc(N2C(=O)OC3(CCCC3)C2c2ccccc2)cc1. The van der Waals surface area contributed by atoms with Crippen molar-refractivity contribution in [3.63, 3.8) is 0 Å². The Morgan fingerprint density at radius 2 is 1.66 bits per heavy atom. The predicted molar refractivity (Wildman–Crippen MR) is 135 cm³/mol. The molecule has 6 rings (SSSR count). The lowest BCUT2D eigenvalue weighted by molar-refractivity contribution is 0.0422. The van der Waals surface area contributed by atoms with Gasteiger partial charge in [0.05, 0.1) is 11.2 Å². The van der Waals surface area contributed by atoms with Crippen molar-refractivity contribution in [3.05, 3.63) is 102 Å². The van der Waals surface area contributed by atoms with Gasteiger partial charge in [0.25, 0.3) is 5.91 Å². The van der Waals surface area contributed by atoms with Crippen LogP contribution in [0.3, 0.4) is 0 Å². The lowest BCUT2D eigenvalue weighted by Crippen LogP contribution is -2.36. The maximum Gasteiger partial charge on any atom is 0.415 e. The van der Waals surface area contributed by atoms with E-state index in [0.29, 0.717) is 11.3 Å². The highest BCUT2D eigenvalue weighted by molar-refractivity contribution is 6.08. The minimum atomic E-state index is -0.504. The molecular formula is C29H25N3O3. The molecule has 1 aliphatic heterocycles. The molecule has 6 nitrogen and oxygen atoms in total. The van der Waals surface area contributed by atoms with Gasteiger partial charge in [-0.15, -0.1) is 0 Å². The number of pyridine rings is 1. The van der Waals surface area contributed by atoms with E-state index in [-0.39, 0.29) is 18.0 Å². The number of anilines is 2. The van der Waals surface area contributed by atoms with Crippen LogP contribution in [0.25, 0.3) is 10.9 Å². The van der Waals surface area contributed by atoms with Crippen LogP contribution in [0.5, 0.6) is 0 Å². The average molecular weight is 464 g/mol. The zero-order valence-corrected chi connectivity index (χ0v) is 19.2. The van der Waals surface area contributed by atoms with Gasteiger partial charge in [-0.25, -0.2) is 4.79 Å². The summed E-state index contributed by atoms with van der Waals surface area (Å²) in [6, 6.07) is 26.5. The van der Waals surface area contributed by atoms with Crippen molar-refractivity contribution in [1.82, 2.24) is 4.98 Å². The first kappa shape index (κ1) is 21.4. The molecule has 3 aromatic carbocycles. The molecular weight excluding hydrogens is 438 g/mol. The molecule has 1 saturated heterocycles. The third-order valence-corrected chi connectivity index (χ3v) is 7.10. The van der Waals surface area contributed by atoms with Crippen LogP contribution in [0.1, 0.15) is 47.6 Å². The van der Waals surface area contributed by atoms with Crippen molar-refractivity contribution in [3.8, 4) is 0 Å². The van der Waals surface area contributed by atoms with E-state index in [1.165, 1.54) is 0 Å². The largest absolute Gasteiger partial charge is 0.440 e. The molecule has 1 atom stereocenters. The molecule has 1 unspecified atom stereocenters. The van der Waals surface area contributed by atoms with Crippen LogP contribution >= 0.6 is 0 Å². The summed E-state index contributed by atoms with van der Waals surface area (Å²) in [5.41, 5.74) is 3.18. The lowest BCUT2D eigenvalue weighted by Gasteiger charge is -2.32. The number of rotatable bonds is 4. The van der Waals surface area contributed by atoms with Crippen molar-refractivity contribution in [2.45, 2.75) is 37.3 Å². The van der Waals surface area contributed by atoms with Crippen molar-refractivity contribution in [1.29, 1.82) is 0 Å². The van der Waals surface area contributed by atoms with Crippen molar-refractivity contribution in [2.24, 2.45) is 0 Å². The molecule has 1 spiro atoms. The average Bonchev–Trinajstić information content (AvgIpc) is 3.48. The Bertz CT molecular complexity index is 1390. The minimum Gasteiger partial charge on any atom is -0.440 e. The van der Waals surface area contributed by atoms with E-state index >= 15 is 0 Å². The molecule has 6 heteroatoms. The van der Waals surface area contributed by atoms with Gasteiger partial charge < -0.3 is 10.1 Å². The highest BCUT2D eigenvalue weighted by atomic mass is 16.6. The first-order valence-corrected chi connectivity index (χ1v) is 12.0. The van der Waals surface area contributed by atoms with Crippen LogP contribution < -0.4 is 10.2 Å². The number of fused-ring (bicyclic) bond motifs is 1. The highest BCUT2D eigenvalue weighted by Crippen LogP contribution is 2.52. The molecule has 2 amide bonds. The Morgan fingerprint density at radius 3 is 2.43 bits per heavy atom. The number of hydrogen-bond acceptors (Lipinski definition) is 4. The number of para-hydroxylation sites is 1. The van der Waals surface area contributed by atoms with E-state index in [0.717, 1.165) is 47.8 Å². The van der Waals surface area contributed by atoms with Gasteiger partial charge in [-0.05, 0) is 67.6 Å². The highest BCUT2D eigenvalue weighted by Gasteiger charge is 2.56. The van der Waals surface area contributed by atoms with E-state index in [9.17, 15) is 9.59 Å². The number of nitrogens with zero attached hydrogens (tertiary/aromatic N) is 2. The van der Waals surface area contributed by atoms with Crippen LogP contribution in [0.15, 0.2) is 91.1 Å². The van der Waals surface area contributed by atoms with E-state index < -0.39 is 5.60 Å². The van der Waals surface area contributed by atoms with Gasteiger partial charge in [0.15, 0.2) is 0 Å². The molecule has 0 bridgehead atoms. The Labute approximate surface area is 203 Å². The Hall–Kier alpha value is -4.19. The molecule has 0 radical (unpaired) electrons. The monoisotopic (exact) mass is 463 g/mol. The van der Waals surface area contributed by atoms with E-state index in [1.807, 2.05) is 60.7 Å². The summed E-state index contributed by atoms with van der Waals surface area (Å²) in [6.07, 6.45) is 5.18. The second kappa shape index (κ2) is 8.55. The molecule has 2 aliphatic rings. The van der Waals surface area contributed by atoms with Gasteiger partial charge in [-0.3, -0.25) is 14.7 Å². The van der Waals surface area contributed by atoms with Gasteiger partial charge in [0.1, 0.15) is 11.6 Å². The summed E-state index contributed by atoms with van der Waals surface area (Å²) in [5, 5.41) is 3.93. The number of hydrogen-bond donors (Lipinski definition) is 1. The fourth-order valence-electron chi connectivity index (χ4n) is 5.48. The molecule has 1 aliphatic carbocycles. The second-order valence-electron chi connectivity index (χ2n) is 9.20. The van der Waals surface area contributed by atoms with Gasteiger partial charge in [0.2, 0.25) is 0 Å². The van der Waals surface area contributed by atoms with Crippen LogP contribution in [-0.4, -0.2) is 22.6 Å².